The fourth-order valence-corrected chi connectivity index (χ4v) is 4.49. The fraction of sp³-hybridized carbons (Fsp3) is 0.440. The van der Waals surface area contributed by atoms with Gasteiger partial charge in [-0.2, -0.15) is 5.26 Å². The third kappa shape index (κ3) is 4.32. The Kier molecular flexibility index (Phi) is 5.53. The van der Waals surface area contributed by atoms with Gasteiger partial charge in [0, 0.05) is 13.2 Å². The molecular formula is C25H31N3O3. The number of benzene rings is 2. The highest BCUT2D eigenvalue weighted by molar-refractivity contribution is 5.96. The first-order valence-corrected chi connectivity index (χ1v) is 10.9. The zero-order chi connectivity index (χ0) is 22.2. The molecule has 0 aromatic heterocycles. The standard InChI is InChI=1S/C25H29N3O3.H2/c1-25(2,3)18-11-17(16-6-4-5-7-16)21(29)12-19(18)28-24(30)23-14-27-20-10-15(13-26)8-9-22(20)31-23;/h8-12,16,23,27,29H,4-7,14H2,1-3H3,(H,28,30);1H/t23-;/m0./s1. The van der Waals surface area contributed by atoms with E-state index in [0.717, 1.165) is 24.0 Å². The molecule has 2 aliphatic rings. The van der Waals surface area contributed by atoms with Gasteiger partial charge in [-0.05, 0) is 59.6 Å². The summed E-state index contributed by atoms with van der Waals surface area (Å²) in [6, 6.07) is 10.9. The fourth-order valence-electron chi connectivity index (χ4n) is 4.49. The molecule has 2 aromatic carbocycles. The molecule has 1 saturated carbocycles. The number of nitrogens with one attached hydrogen (secondary N) is 2. The number of phenols is 1. The van der Waals surface area contributed by atoms with Crippen LogP contribution in [0, 0.1) is 11.3 Å². The molecule has 0 bridgehead atoms. The van der Waals surface area contributed by atoms with E-state index in [4.69, 9.17) is 10.00 Å². The summed E-state index contributed by atoms with van der Waals surface area (Å²) < 4.78 is 5.88. The van der Waals surface area contributed by atoms with Crippen LogP contribution in [0.5, 0.6) is 11.5 Å². The first kappa shape index (κ1) is 21.0. The summed E-state index contributed by atoms with van der Waals surface area (Å²) in [4.78, 5) is 13.0. The van der Waals surface area contributed by atoms with Crippen molar-refractivity contribution in [1.82, 2.24) is 0 Å². The highest BCUT2D eigenvalue weighted by Gasteiger charge is 2.30. The Morgan fingerprint density at radius 1 is 1.26 bits per heavy atom. The summed E-state index contributed by atoms with van der Waals surface area (Å²) in [6.07, 6.45) is 3.85. The van der Waals surface area contributed by atoms with Gasteiger partial charge in [-0.3, -0.25) is 4.79 Å². The molecule has 0 spiro atoms. The number of nitrogens with zero attached hydrogens (tertiary/aromatic N) is 1. The van der Waals surface area contributed by atoms with Gasteiger partial charge in [-0.15, -0.1) is 0 Å². The van der Waals surface area contributed by atoms with Crippen molar-refractivity contribution < 1.29 is 16.1 Å². The molecule has 1 amide bonds. The number of nitriles is 1. The lowest BCUT2D eigenvalue weighted by Crippen LogP contribution is -2.41. The molecule has 1 aliphatic heterocycles. The highest BCUT2D eigenvalue weighted by atomic mass is 16.5. The van der Waals surface area contributed by atoms with Crippen LogP contribution in [0.1, 0.15) is 70.5 Å². The zero-order valence-corrected chi connectivity index (χ0v) is 18.3. The van der Waals surface area contributed by atoms with E-state index in [-0.39, 0.29) is 18.5 Å². The number of carbonyl (C=O) groups excluding carboxylic acids is 1. The van der Waals surface area contributed by atoms with Gasteiger partial charge in [0.2, 0.25) is 0 Å². The highest BCUT2D eigenvalue weighted by Crippen LogP contribution is 2.43. The molecule has 164 valence electrons. The van der Waals surface area contributed by atoms with Gasteiger partial charge in [0.25, 0.3) is 5.91 Å². The van der Waals surface area contributed by atoms with Crippen LogP contribution >= 0.6 is 0 Å². The average molecular weight is 422 g/mol. The SMILES string of the molecule is CC(C)(C)c1cc(C2CCCC2)c(O)cc1NC(=O)[C@@H]1CNc2cc(C#N)ccc2O1.[HH]. The molecule has 0 saturated heterocycles. The second-order valence-corrected chi connectivity index (χ2v) is 9.49. The normalized spacial score (nSPS) is 18.5. The second-order valence-electron chi connectivity index (χ2n) is 9.49. The Hall–Kier alpha value is -3.20. The third-order valence-corrected chi connectivity index (χ3v) is 6.18. The minimum atomic E-state index is -0.718. The molecule has 1 atom stereocenters. The Balaban J connectivity index is 0.00000289. The van der Waals surface area contributed by atoms with Gasteiger partial charge in [-0.25, -0.2) is 0 Å². The Labute approximate surface area is 184 Å². The van der Waals surface area contributed by atoms with E-state index < -0.39 is 6.10 Å². The molecule has 1 heterocycles. The topological polar surface area (TPSA) is 94.4 Å². The lowest BCUT2D eigenvalue weighted by molar-refractivity contribution is -0.122. The molecule has 2 aromatic rings. The van der Waals surface area contributed by atoms with Gasteiger partial charge >= 0.3 is 0 Å². The van der Waals surface area contributed by atoms with Crippen molar-refractivity contribution in [2.45, 2.75) is 63.9 Å². The summed E-state index contributed by atoms with van der Waals surface area (Å²) in [5, 5.41) is 25.9. The van der Waals surface area contributed by atoms with Gasteiger partial charge in [-0.1, -0.05) is 33.6 Å². The summed E-state index contributed by atoms with van der Waals surface area (Å²) in [6.45, 7) is 6.62. The molecule has 0 radical (unpaired) electrons. The van der Waals surface area contributed by atoms with Crippen molar-refractivity contribution in [2.24, 2.45) is 0 Å². The summed E-state index contributed by atoms with van der Waals surface area (Å²) in [7, 11) is 0. The maximum absolute atomic E-state index is 13.0. The van der Waals surface area contributed by atoms with E-state index in [1.807, 2.05) is 0 Å². The van der Waals surface area contributed by atoms with Crippen molar-refractivity contribution in [2.75, 3.05) is 17.2 Å². The molecule has 1 fully saturated rings. The number of aromatic hydroxyl groups is 1. The summed E-state index contributed by atoms with van der Waals surface area (Å²) in [5.41, 5.74) is 3.64. The van der Waals surface area contributed by atoms with E-state index in [0.29, 0.717) is 35.2 Å². The largest absolute Gasteiger partial charge is 0.508 e. The summed E-state index contributed by atoms with van der Waals surface area (Å²) in [5.74, 6) is 0.890. The van der Waals surface area contributed by atoms with Crippen molar-refractivity contribution in [1.29, 1.82) is 5.26 Å². The number of amides is 1. The van der Waals surface area contributed by atoms with Crippen LogP contribution in [0.3, 0.4) is 0 Å². The minimum Gasteiger partial charge on any atom is -0.508 e. The van der Waals surface area contributed by atoms with Crippen LogP contribution in [0.25, 0.3) is 0 Å². The van der Waals surface area contributed by atoms with Crippen molar-refractivity contribution in [3.05, 3.63) is 47.0 Å². The van der Waals surface area contributed by atoms with Gasteiger partial charge in [0.1, 0.15) is 11.5 Å². The first-order valence-electron chi connectivity index (χ1n) is 10.9. The smallest absolute Gasteiger partial charge is 0.267 e. The van der Waals surface area contributed by atoms with Crippen LogP contribution in [0.2, 0.25) is 0 Å². The van der Waals surface area contributed by atoms with E-state index in [1.165, 1.54) is 12.8 Å². The Bertz CT molecular complexity index is 1050. The Morgan fingerprint density at radius 2 is 2.00 bits per heavy atom. The summed E-state index contributed by atoms with van der Waals surface area (Å²) >= 11 is 0. The third-order valence-electron chi connectivity index (χ3n) is 6.18. The molecule has 31 heavy (non-hydrogen) atoms. The molecule has 6 nitrogen and oxygen atoms in total. The van der Waals surface area contributed by atoms with Crippen LogP contribution in [0.15, 0.2) is 30.3 Å². The van der Waals surface area contributed by atoms with Crippen LogP contribution in [-0.4, -0.2) is 23.7 Å². The quantitative estimate of drug-likeness (QED) is 0.627. The van der Waals surface area contributed by atoms with Crippen molar-refractivity contribution in [3.8, 4) is 17.6 Å². The minimum absolute atomic E-state index is 0. The van der Waals surface area contributed by atoms with E-state index in [2.05, 4.69) is 43.5 Å². The van der Waals surface area contributed by atoms with Crippen molar-refractivity contribution >= 4 is 17.3 Å². The lowest BCUT2D eigenvalue weighted by Gasteiger charge is -2.29. The van der Waals surface area contributed by atoms with Gasteiger partial charge in [0.05, 0.1) is 23.9 Å². The van der Waals surface area contributed by atoms with Crippen LogP contribution in [-0.2, 0) is 10.2 Å². The van der Waals surface area contributed by atoms with E-state index in [9.17, 15) is 9.90 Å². The molecule has 3 N–H and O–H groups in total. The van der Waals surface area contributed by atoms with Gasteiger partial charge in [0.15, 0.2) is 6.10 Å². The maximum Gasteiger partial charge on any atom is 0.267 e. The Morgan fingerprint density at radius 3 is 2.68 bits per heavy atom. The number of hydrogen-bond donors (Lipinski definition) is 3. The number of rotatable bonds is 3. The number of hydrogen-bond acceptors (Lipinski definition) is 5. The molecule has 0 unspecified atom stereocenters. The monoisotopic (exact) mass is 421 g/mol. The molecule has 4 rings (SSSR count). The number of phenolic OH excluding ortho intramolecular Hbond substituents is 1. The first-order chi connectivity index (χ1) is 14.8. The van der Waals surface area contributed by atoms with E-state index >= 15 is 0 Å². The van der Waals surface area contributed by atoms with E-state index in [1.54, 1.807) is 24.3 Å². The number of ether oxygens (including phenoxy) is 1. The molecular weight excluding hydrogens is 390 g/mol. The average Bonchev–Trinajstić information content (AvgIpc) is 3.26. The predicted octanol–water partition coefficient (Wildman–Crippen LogP) is 5.28. The maximum atomic E-state index is 13.0. The number of carbonyl (C=O) groups is 1. The molecule has 6 heteroatoms. The lowest BCUT2D eigenvalue weighted by atomic mass is 9.82. The molecule has 1 aliphatic carbocycles. The van der Waals surface area contributed by atoms with Crippen LogP contribution < -0.4 is 15.4 Å². The second kappa shape index (κ2) is 8.14. The zero-order valence-electron chi connectivity index (χ0n) is 18.3. The van der Waals surface area contributed by atoms with Gasteiger partial charge < -0.3 is 20.5 Å². The van der Waals surface area contributed by atoms with Crippen LogP contribution in [0.4, 0.5) is 11.4 Å². The number of anilines is 2. The number of fused-ring (bicyclic) bond motifs is 1. The van der Waals surface area contributed by atoms with Crippen molar-refractivity contribution in [3.63, 3.8) is 0 Å². The predicted molar refractivity (Wildman–Crippen MR) is 123 cm³/mol.